The normalized spacial score (nSPS) is 13.4. The van der Waals surface area contributed by atoms with Crippen molar-refractivity contribution in [3.63, 3.8) is 0 Å². The molecular formula is C13H8F3N5O7S2. The average molecular weight is 467 g/mol. The lowest BCUT2D eigenvalue weighted by Crippen LogP contribution is -2.07. The standard InChI is InChI=1S/C13H8F3N5O7S2/c14-13(15,16)11-17-12(21-19-11)20-18-6-4-8(30(26,27)28)5-2-1-3-7(29(23,24)25)9(5)10(6)22/h1-4,22H,(H,17,19,21)(H,23,24,25)(H,26,27,28). The molecule has 0 atom stereocenters. The number of nitrogens with one attached hydrogen (secondary N) is 1. The number of fused-ring (bicyclic) bond motifs is 1. The molecule has 3 rings (SSSR count). The van der Waals surface area contributed by atoms with Crippen LogP contribution in [0.5, 0.6) is 5.75 Å². The number of hydrogen-bond acceptors (Lipinski definition) is 9. The van der Waals surface area contributed by atoms with Crippen molar-refractivity contribution in [2.24, 2.45) is 10.2 Å². The molecule has 0 unspecified atom stereocenters. The van der Waals surface area contributed by atoms with Crippen LogP contribution in [-0.4, -0.2) is 46.2 Å². The minimum absolute atomic E-state index is 0.485. The fourth-order valence-electron chi connectivity index (χ4n) is 2.41. The van der Waals surface area contributed by atoms with E-state index in [9.17, 15) is 44.2 Å². The van der Waals surface area contributed by atoms with Crippen LogP contribution in [0.2, 0.25) is 0 Å². The molecular weight excluding hydrogens is 459 g/mol. The van der Waals surface area contributed by atoms with Gasteiger partial charge in [0.1, 0.15) is 15.5 Å². The van der Waals surface area contributed by atoms with E-state index in [-0.39, 0.29) is 0 Å². The average Bonchev–Trinajstić information content (AvgIpc) is 3.08. The van der Waals surface area contributed by atoms with Gasteiger partial charge in [-0.15, -0.1) is 15.3 Å². The summed E-state index contributed by atoms with van der Waals surface area (Å²) in [5.41, 5.74) is -0.774. The minimum Gasteiger partial charge on any atom is -0.505 e. The Morgan fingerprint density at radius 1 is 1.00 bits per heavy atom. The van der Waals surface area contributed by atoms with Gasteiger partial charge in [-0.25, -0.2) is 0 Å². The summed E-state index contributed by atoms with van der Waals surface area (Å²) in [6, 6.07) is 3.48. The summed E-state index contributed by atoms with van der Waals surface area (Å²) in [7, 11) is -9.98. The Balaban J connectivity index is 2.28. The van der Waals surface area contributed by atoms with Crippen LogP contribution in [-0.2, 0) is 26.4 Å². The maximum atomic E-state index is 12.5. The summed E-state index contributed by atoms with van der Waals surface area (Å²) in [6.45, 7) is 0. The number of hydrogen-bond donors (Lipinski definition) is 4. The van der Waals surface area contributed by atoms with Crippen LogP contribution in [0.25, 0.3) is 10.8 Å². The van der Waals surface area contributed by atoms with E-state index in [2.05, 4.69) is 20.3 Å². The molecule has 17 heteroatoms. The smallest absolute Gasteiger partial charge is 0.451 e. The third-order valence-electron chi connectivity index (χ3n) is 3.58. The number of aromatic amines is 1. The summed E-state index contributed by atoms with van der Waals surface area (Å²) in [5, 5.41) is 20.4. The van der Waals surface area contributed by atoms with Crippen molar-refractivity contribution in [3.8, 4) is 5.75 Å². The first-order valence-corrected chi connectivity index (χ1v) is 10.2. The summed E-state index contributed by atoms with van der Waals surface area (Å²) in [6.07, 6.45) is -4.87. The number of aromatic hydroxyl groups is 1. The lowest BCUT2D eigenvalue weighted by molar-refractivity contribution is -0.144. The van der Waals surface area contributed by atoms with E-state index in [1.807, 2.05) is 0 Å². The SMILES string of the molecule is O=S(=O)(O)c1cc(N=Nc2n[nH]c(C(F)(F)F)n2)c(O)c2c(S(=O)(=O)O)cccc12. The monoisotopic (exact) mass is 467 g/mol. The Morgan fingerprint density at radius 2 is 1.63 bits per heavy atom. The summed E-state index contributed by atoms with van der Waals surface area (Å²) >= 11 is 0. The molecule has 0 amide bonds. The molecule has 0 radical (unpaired) electrons. The van der Waals surface area contributed by atoms with Gasteiger partial charge in [-0.2, -0.15) is 35.0 Å². The maximum Gasteiger partial charge on any atom is 0.451 e. The highest BCUT2D eigenvalue weighted by atomic mass is 32.2. The van der Waals surface area contributed by atoms with Crippen LogP contribution in [0, 0.1) is 0 Å². The van der Waals surface area contributed by atoms with Crippen LogP contribution < -0.4 is 0 Å². The van der Waals surface area contributed by atoms with E-state index >= 15 is 0 Å². The largest absolute Gasteiger partial charge is 0.505 e. The van der Waals surface area contributed by atoms with E-state index in [1.54, 1.807) is 5.10 Å². The molecule has 0 bridgehead atoms. The molecule has 0 saturated carbocycles. The molecule has 1 heterocycles. The summed E-state index contributed by atoms with van der Waals surface area (Å²) in [4.78, 5) is 1.14. The van der Waals surface area contributed by atoms with E-state index < -0.39 is 70.2 Å². The van der Waals surface area contributed by atoms with Crippen molar-refractivity contribution in [2.45, 2.75) is 16.0 Å². The van der Waals surface area contributed by atoms with Crippen LogP contribution in [0.1, 0.15) is 5.82 Å². The zero-order valence-electron chi connectivity index (χ0n) is 14.0. The van der Waals surface area contributed by atoms with Crippen LogP contribution in [0.15, 0.2) is 44.3 Å². The fraction of sp³-hybridized carbons (Fsp3) is 0.0769. The highest BCUT2D eigenvalue weighted by molar-refractivity contribution is 7.86. The number of benzene rings is 2. The van der Waals surface area contributed by atoms with Crippen molar-refractivity contribution in [1.29, 1.82) is 0 Å². The third-order valence-corrected chi connectivity index (χ3v) is 5.37. The molecule has 0 fully saturated rings. The van der Waals surface area contributed by atoms with Gasteiger partial charge in [0, 0.05) is 10.8 Å². The van der Waals surface area contributed by atoms with Crippen molar-refractivity contribution < 1.29 is 44.2 Å². The number of azo groups is 1. The van der Waals surface area contributed by atoms with Gasteiger partial charge in [0.25, 0.3) is 26.2 Å². The Kier molecular flexibility index (Phi) is 5.01. The second-order valence-electron chi connectivity index (χ2n) is 5.55. The number of phenols is 1. The number of phenolic OH excluding ortho intramolecular Hbond substituents is 1. The molecule has 0 aliphatic carbocycles. The third kappa shape index (κ3) is 4.08. The van der Waals surface area contributed by atoms with E-state index in [1.165, 1.54) is 0 Å². The fourth-order valence-corrected chi connectivity index (χ4v) is 3.83. The lowest BCUT2D eigenvalue weighted by Gasteiger charge is -2.11. The van der Waals surface area contributed by atoms with Gasteiger partial charge in [-0.3, -0.25) is 14.2 Å². The van der Waals surface area contributed by atoms with E-state index in [0.717, 1.165) is 18.2 Å². The number of H-pyrrole nitrogens is 1. The van der Waals surface area contributed by atoms with Crippen LogP contribution in [0.4, 0.5) is 24.8 Å². The molecule has 2 aromatic carbocycles. The molecule has 160 valence electrons. The second-order valence-corrected chi connectivity index (χ2v) is 8.33. The second kappa shape index (κ2) is 6.97. The molecule has 0 saturated heterocycles. The Hall–Kier alpha value is -3.15. The number of nitrogens with zero attached hydrogens (tertiary/aromatic N) is 4. The molecule has 0 aliphatic rings. The molecule has 0 spiro atoms. The van der Waals surface area contributed by atoms with Crippen LogP contribution in [0.3, 0.4) is 0 Å². The molecule has 3 aromatic rings. The highest BCUT2D eigenvalue weighted by Crippen LogP contribution is 2.42. The zero-order chi connectivity index (χ0) is 22.5. The van der Waals surface area contributed by atoms with Crippen molar-refractivity contribution in [1.82, 2.24) is 15.2 Å². The zero-order valence-corrected chi connectivity index (χ0v) is 15.7. The number of aromatic nitrogens is 3. The topological polar surface area (TPSA) is 195 Å². The van der Waals surface area contributed by atoms with Gasteiger partial charge >= 0.3 is 6.18 Å². The van der Waals surface area contributed by atoms with Crippen LogP contribution >= 0.6 is 0 Å². The first-order chi connectivity index (χ1) is 13.7. The minimum atomic E-state index is -5.00. The van der Waals surface area contributed by atoms with E-state index in [4.69, 9.17) is 0 Å². The number of rotatable bonds is 4. The van der Waals surface area contributed by atoms with Crippen molar-refractivity contribution >= 4 is 42.6 Å². The molecule has 4 N–H and O–H groups in total. The van der Waals surface area contributed by atoms with Gasteiger partial charge < -0.3 is 5.11 Å². The predicted octanol–water partition coefficient (Wildman–Crippen LogP) is 2.59. The first-order valence-electron chi connectivity index (χ1n) is 7.34. The molecule has 30 heavy (non-hydrogen) atoms. The van der Waals surface area contributed by atoms with E-state index in [0.29, 0.717) is 6.07 Å². The Bertz CT molecular complexity index is 1400. The number of alkyl halides is 3. The summed E-state index contributed by atoms with van der Waals surface area (Å²) in [5.74, 6) is -3.36. The quantitative estimate of drug-likeness (QED) is 0.329. The number of halogens is 3. The molecule has 0 aliphatic heterocycles. The van der Waals surface area contributed by atoms with Gasteiger partial charge in [0.05, 0.1) is 0 Å². The maximum absolute atomic E-state index is 12.5. The van der Waals surface area contributed by atoms with Gasteiger partial charge in [0.15, 0.2) is 5.75 Å². The highest BCUT2D eigenvalue weighted by Gasteiger charge is 2.35. The first kappa shape index (κ1) is 21.6. The molecule has 12 nitrogen and oxygen atoms in total. The van der Waals surface area contributed by atoms with Crippen molar-refractivity contribution in [3.05, 3.63) is 30.1 Å². The Labute approximate surface area is 164 Å². The van der Waals surface area contributed by atoms with Gasteiger partial charge in [-0.1, -0.05) is 12.1 Å². The van der Waals surface area contributed by atoms with Crippen molar-refractivity contribution in [2.75, 3.05) is 0 Å². The van der Waals surface area contributed by atoms with Gasteiger partial charge in [0.2, 0.25) is 5.82 Å². The predicted molar refractivity (Wildman–Crippen MR) is 90.8 cm³/mol. The summed E-state index contributed by atoms with van der Waals surface area (Å²) < 4.78 is 103. The Morgan fingerprint density at radius 3 is 2.17 bits per heavy atom. The molecule has 1 aromatic heterocycles. The van der Waals surface area contributed by atoms with Gasteiger partial charge in [-0.05, 0) is 12.1 Å². The lowest BCUT2D eigenvalue weighted by atomic mass is 10.1.